The van der Waals surface area contributed by atoms with Gasteiger partial charge in [0.15, 0.2) is 5.56 Å². The zero-order valence-corrected chi connectivity index (χ0v) is 12.1. The second-order valence-electron chi connectivity index (χ2n) is 4.60. The normalized spacial score (nSPS) is 10.6. The van der Waals surface area contributed by atoms with Gasteiger partial charge < -0.3 is 19.5 Å². The number of anilines is 1. The van der Waals surface area contributed by atoms with Gasteiger partial charge in [-0.2, -0.15) is 0 Å². The third-order valence-electron chi connectivity index (χ3n) is 3.45. The molecule has 0 atom stereocenters. The molecule has 116 valence electrons. The van der Waals surface area contributed by atoms with Crippen LogP contribution in [0.4, 0.5) is 5.69 Å². The van der Waals surface area contributed by atoms with Crippen LogP contribution in [0.2, 0.25) is 0 Å². The van der Waals surface area contributed by atoms with Crippen molar-refractivity contribution in [1.82, 2.24) is 0 Å². The van der Waals surface area contributed by atoms with Crippen LogP contribution in [0.3, 0.4) is 0 Å². The summed E-state index contributed by atoms with van der Waals surface area (Å²) in [4.78, 5) is 36.3. The van der Waals surface area contributed by atoms with E-state index in [-0.39, 0.29) is 11.0 Å². The highest BCUT2D eigenvalue weighted by Gasteiger charge is 2.25. The Balaban J connectivity index is 2.82. The van der Waals surface area contributed by atoms with Crippen molar-refractivity contribution in [2.24, 2.45) is 0 Å². The van der Waals surface area contributed by atoms with Gasteiger partial charge in [0.2, 0.25) is 0 Å². The summed E-state index contributed by atoms with van der Waals surface area (Å²) in [5.74, 6) is -3.10. The minimum Gasteiger partial charge on any atom is -0.478 e. The number of carboxylic acids is 2. The minimum atomic E-state index is -1.62. The van der Waals surface area contributed by atoms with Gasteiger partial charge in [0.1, 0.15) is 5.58 Å². The molecular formula is C15H15NO6. The van der Waals surface area contributed by atoms with Gasteiger partial charge in [-0.3, -0.25) is 0 Å². The molecule has 0 unspecified atom stereocenters. The number of carboxylic acid groups (broad SMARTS) is 2. The molecule has 1 aromatic heterocycles. The smallest absolute Gasteiger partial charge is 0.351 e. The van der Waals surface area contributed by atoms with Crippen LogP contribution in [0.25, 0.3) is 11.0 Å². The fraction of sp³-hybridized carbons (Fsp3) is 0.267. The van der Waals surface area contributed by atoms with Crippen molar-refractivity contribution in [3.05, 3.63) is 39.7 Å². The first-order valence-corrected chi connectivity index (χ1v) is 6.73. The van der Waals surface area contributed by atoms with Crippen molar-refractivity contribution in [3.8, 4) is 0 Å². The Morgan fingerprint density at radius 3 is 2.18 bits per heavy atom. The summed E-state index contributed by atoms with van der Waals surface area (Å²) >= 11 is 0. The molecule has 0 aliphatic heterocycles. The van der Waals surface area contributed by atoms with E-state index in [9.17, 15) is 19.5 Å². The SMILES string of the molecule is CCN(CC)c1ccc2c(C(=O)O)c(C(=O)O)c(=O)oc2c1. The molecule has 7 heteroatoms. The number of aromatic carboxylic acids is 2. The van der Waals surface area contributed by atoms with Gasteiger partial charge in [-0.05, 0) is 26.0 Å². The monoisotopic (exact) mass is 305 g/mol. The summed E-state index contributed by atoms with van der Waals surface area (Å²) in [5.41, 5.74) is -1.77. The minimum absolute atomic E-state index is 0.0526. The maximum Gasteiger partial charge on any atom is 0.351 e. The Hall–Kier alpha value is -2.83. The maximum absolute atomic E-state index is 11.8. The molecule has 0 fully saturated rings. The van der Waals surface area contributed by atoms with Crippen LogP contribution in [0.15, 0.2) is 27.4 Å². The Bertz CT molecular complexity index is 804. The summed E-state index contributed by atoms with van der Waals surface area (Å²) in [6.45, 7) is 5.37. The highest BCUT2D eigenvalue weighted by Crippen LogP contribution is 2.25. The highest BCUT2D eigenvalue weighted by molar-refractivity contribution is 6.10. The summed E-state index contributed by atoms with van der Waals surface area (Å²) in [7, 11) is 0. The average Bonchev–Trinajstić information content (AvgIpc) is 2.46. The van der Waals surface area contributed by atoms with Crippen LogP contribution >= 0.6 is 0 Å². The number of hydrogen-bond acceptors (Lipinski definition) is 5. The second kappa shape index (κ2) is 5.88. The molecule has 2 aromatic rings. The van der Waals surface area contributed by atoms with Gasteiger partial charge in [0.05, 0.1) is 5.56 Å². The molecule has 1 heterocycles. The first-order valence-electron chi connectivity index (χ1n) is 6.73. The molecule has 0 saturated carbocycles. The second-order valence-corrected chi connectivity index (χ2v) is 4.60. The van der Waals surface area contributed by atoms with Gasteiger partial charge >= 0.3 is 17.6 Å². The number of nitrogens with zero attached hydrogens (tertiary/aromatic N) is 1. The predicted molar refractivity (Wildman–Crippen MR) is 80.0 cm³/mol. The molecule has 0 bridgehead atoms. The van der Waals surface area contributed by atoms with Crippen LogP contribution in [0.1, 0.15) is 34.6 Å². The fourth-order valence-corrected chi connectivity index (χ4v) is 2.39. The third-order valence-corrected chi connectivity index (χ3v) is 3.45. The van der Waals surface area contributed by atoms with Gasteiger partial charge in [0, 0.05) is 30.2 Å². The molecule has 7 nitrogen and oxygen atoms in total. The van der Waals surface area contributed by atoms with E-state index >= 15 is 0 Å². The van der Waals surface area contributed by atoms with E-state index in [1.807, 2.05) is 18.7 Å². The van der Waals surface area contributed by atoms with E-state index in [0.29, 0.717) is 0 Å². The van der Waals surface area contributed by atoms with Crippen LogP contribution in [0, 0.1) is 0 Å². The number of carbonyl (C=O) groups is 2. The third kappa shape index (κ3) is 2.52. The van der Waals surface area contributed by atoms with Crippen LogP contribution in [0.5, 0.6) is 0 Å². The summed E-state index contributed by atoms with van der Waals surface area (Å²) in [5, 5.41) is 18.4. The molecule has 0 aliphatic carbocycles. The van der Waals surface area contributed by atoms with Crippen LogP contribution < -0.4 is 10.5 Å². The quantitative estimate of drug-likeness (QED) is 0.813. The largest absolute Gasteiger partial charge is 0.478 e. The van der Waals surface area contributed by atoms with Crippen molar-refractivity contribution >= 4 is 28.6 Å². The van der Waals surface area contributed by atoms with Crippen molar-refractivity contribution in [3.63, 3.8) is 0 Å². The van der Waals surface area contributed by atoms with Crippen molar-refractivity contribution < 1.29 is 24.2 Å². The van der Waals surface area contributed by atoms with Gasteiger partial charge in [-0.1, -0.05) is 0 Å². The lowest BCUT2D eigenvalue weighted by molar-refractivity contribution is 0.0648. The molecule has 0 saturated heterocycles. The van der Waals surface area contributed by atoms with Gasteiger partial charge in [-0.25, -0.2) is 14.4 Å². The van der Waals surface area contributed by atoms with Crippen molar-refractivity contribution in [1.29, 1.82) is 0 Å². The predicted octanol–water partition coefficient (Wildman–Crippen LogP) is 2.04. The molecule has 0 radical (unpaired) electrons. The lowest BCUT2D eigenvalue weighted by Crippen LogP contribution is -2.22. The Morgan fingerprint density at radius 2 is 1.68 bits per heavy atom. The first kappa shape index (κ1) is 15.6. The fourth-order valence-electron chi connectivity index (χ4n) is 2.39. The Labute approximate surface area is 125 Å². The van der Waals surface area contributed by atoms with Crippen molar-refractivity contribution in [2.75, 3.05) is 18.0 Å². The van der Waals surface area contributed by atoms with Crippen molar-refractivity contribution in [2.45, 2.75) is 13.8 Å². The van der Waals surface area contributed by atoms with Gasteiger partial charge in [-0.15, -0.1) is 0 Å². The van der Waals surface area contributed by atoms with E-state index in [4.69, 9.17) is 9.52 Å². The molecular weight excluding hydrogens is 290 g/mol. The molecule has 22 heavy (non-hydrogen) atoms. The lowest BCUT2D eigenvalue weighted by atomic mass is 10.0. The van der Waals surface area contributed by atoms with E-state index in [0.717, 1.165) is 18.8 Å². The zero-order chi connectivity index (χ0) is 16.4. The molecule has 2 N–H and O–H groups in total. The number of rotatable bonds is 5. The average molecular weight is 305 g/mol. The van der Waals surface area contributed by atoms with Gasteiger partial charge in [0.25, 0.3) is 0 Å². The molecule has 2 rings (SSSR count). The highest BCUT2D eigenvalue weighted by atomic mass is 16.4. The van der Waals surface area contributed by atoms with E-state index in [1.165, 1.54) is 6.07 Å². The molecule has 0 amide bonds. The van der Waals surface area contributed by atoms with Crippen LogP contribution in [-0.2, 0) is 0 Å². The van der Waals surface area contributed by atoms with E-state index < -0.39 is 28.7 Å². The summed E-state index contributed by atoms with van der Waals surface area (Å²) < 4.78 is 5.00. The standard InChI is InChI=1S/C15H15NO6/c1-3-16(4-2)8-5-6-9-10(7-8)22-15(21)12(14(19)20)11(9)13(17)18/h5-7H,3-4H2,1-2H3,(H,17,18)(H,19,20). The van der Waals surface area contributed by atoms with Crippen LogP contribution in [-0.4, -0.2) is 35.2 Å². The van der Waals surface area contributed by atoms with E-state index in [1.54, 1.807) is 12.1 Å². The Kier molecular flexibility index (Phi) is 4.16. The molecule has 0 aliphatic rings. The maximum atomic E-state index is 11.8. The number of fused-ring (bicyclic) bond motifs is 1. The lowest BCUT2D eigenvalue weighted by Gasteiger charge is -2.21. The summed E-state index contributed by atoms with van der Waals surface area (Å²) in [6.07, 6.45) is 0. The Morgan fingerprint density at radius 1 is 1.09 bits per heavy atom. The molecule has 0 spiro atoms. The van der Waals surface area contributed by atoms with E-state index in [2.05, 4.69) is 0 Å². The first-order chi connectivity index (χ1) is 10.4. The number of benzene rings is 1. The number of hydrogen-bond donors (Lipinski definition) is 2. The zero-order valence-electron chi connectivity index (χ0n) is 12.1. The summed E-state index contributed by atoms with van der Waals surface area (Å²) in [6, 6.07) is 4.68. The topological polar surface area (TPSA) is 108 Å². The molecule has 1 aromatic carbocycles.